The number of hydrogen-bond acceptors (Lipinski definition) is 2. The average Bonchev–Trinajstić information content (AvgIpc) is 3.11. The van der Waals surface area contributed by atoms with Gasteiger partial charge in [-0.05, 0) is 44.7 Å². The summed E-state index contributed by atoms with van der Waals surface area (Å²) in [7, 11) is 0. The van der Waals surface area contributed by atoms with E-state index in [4.69, 9.17) is 0 Å². The third kappa shape index (κ3) is 5.23. The Kier molecular flexibility index (Phi) is 7.92. The molecular weight excluding hydrogens is 501 g/mol. The molecule has 3 unspecified atom stereocenters. The Morgan fingerprint density at radius 3 is 2.53 bits per heavy atom. The minimum atomic E-state index is -0.488. The van der Waals surface area contributed by atoms with Gasteiger partial charge in [-0.3, -0.25) is 9.79 Å². The summed E-state index contributed by atoms with van der Waals surface area (Å²) in [5.41, 5.74) is 0.162. The van der Waals surface area contributed by atoms with E-state index in [0.29, 0.717) is 31.4 Å². The lowest BCUT2D eigenvalue weighted by Gasteiger charge is -2.21. The molecule has 1 amide bonds. The number of hydrogen-bond donors (Lipinski definition) is 2. The highest BCUT2D eigenvalue weighted by Gasteiger charge is 2.42. The Bertz CT molecular complexity index is 764. The number of amides is 1. The summed E-state index contributed by atoms with van der Waals surface area (Å²) < 4.78 is 28.0. The fraction of sp³-hybridized carbons (Fsp3) is 0.636. The van der Waals surface area contributed by atoms with Crippen LogP contribution in [0.25, 0.3) is 0 Å². The Hall–Kier alpha value is -1.45. The third-order valence-corrected chi connectivity index (χ3v) is 6.34. The summed E-state index contributed by atoms with van der Waals surface area (Å²) in [6, 6.07) is 4.13. The highest BCUT2D eigenvalue weighted by atomic mass is 127. The first-order valence-corrected chi connectivity index (χ1v) is 10.9. The summed E-state index contributed by atoms with van der Waals surface area (Å²) in [6.07, 6.45) is 5.93. The van der Waals surface area contributed by atoms with Crippen molar-refractivity contribution >= 4 is 35.8 Å². The predicted octanol–water partition coefficient (Wildman–Crippen LogP) is 3.78. The molecule has 2 N–H and O–H groups in total. The molecule has 3 fully saturated rings. The van der Waals surface area contributed by atoms with Gasteiger partial charge in [-0.1, -0.05) is 18.9 Å². The number of halogens is 3. The maximum absolute atomic E-state index is 14.0. The summed E-state index contributed by atoms with van der Waals surface area (Å²) in [6.45, 7) is 4.03. The van der Waals surface area contributed by atoms with Crippen molar-refractivity contribution in [2.24, 2.45) is 10.9 Å². The highest BCUT2D eigenvalue weighted by molar-refractivity contribution is 14.0. The molecular formula is C22H31F2IN4O. The second-order valence-corrected chi connectivity index (χ2v) is 8.45. The Morgan fingerprint density at radius 1 is 1.17 bits per heavy atom. The van der Waals surface area contributed by atoms with Crippen LogP contribution < -0.4 is 10.6 Å². The smallest absolute Gasteiger partial charge is 0.225 e. The van der Waals surface area contributed by atoms with E-state index in [1.165, 1.54) is 18.2 Å². The van der Waals surface area contributed by atoms with Crippen LogP contribution in [-0.2, 0) is 4.79 Å². The fourth-order valence-electron chi connectivity index (χ4n) is 4.71. The van der Waals surface area contributed by atoms with Crippen LogP contribution in [0.4, 0.5) is 8.78 Å². The minimum Gasteiger partial charge on any atom is -0.353 e. The number of likely N-dealkylation sites (tertiary alicyclic amines) is 1. The second-order valence-electron chi connectivity index (χ2n) is 8.45. The number of guanidine groups is 1. The van der Waals surface area contributed by atoms with Crippen LogP contribution in [0.2, 0.25) is 0 Å². The Morgan fingerprint density at radius 2 is 1.87 bits per heavy atom. The molecule has 0 spiro atoms. The maximum Gasteiger partial charge on any atom is 0.225 e. The van der Waals surface area contributed by atoms with E-state index in [2.05, 4.69) is 15.6 Å². The van der Waals surface area contributed by atoms with E-state index in [-0.39, 0.29) is 53.5 Å². The number of nitrogens with zero attached hydrogens (tertiary/aromatic N) is 2. The standard InChI is InChI=1S/C22H30F2N4O.HI/c1-2-25-22(27-19-12-16(19)20-17(23)8-5-9-18(20)24)26-15-10-11-28(13-15)21(29)14-6-3-4-7-14;/h5,8-9,14-16,19H,2-4,6-7,10-13H2,1H3,(H2,25,26,27);1H. The van der Waals surface area contributed by atoms with Crippen molar-refractivity contribution in [3.05, 3.63) is 35.4 Å². The van der Waals surface area contributed by atoms with Crippen LogP contribution in [0.1, 0.15) is 56.9 Å². The Balaban J connectivity index is 0.00000256. The number of benzene rings is 1. The fourth-order valence-corrected chi connectivity index (χ4v) is 4.71. The van der Waals surface area contributed by atoms with Gasteiger partial charge in [0.05, 0.1) is 0 Å². The third-order valence-electron chi connectivity index (χ3n) is 6.34. The number of carbonyl (C=O) groups is 1. The molecule has 0 aromatic heterocycles. The molecule has 166 valence electrons. The van der Waals surface area contributed by atoms with E-state index in [1.54, 1.807) is 0 Å². The zero-order valence-corrected chi connectivity index (χ0v) is 19.7. The van der Waals surface area contributed by atoms with E-state index < -0.39 is 11.6 Å². The minimum absolute atomic E-state index is 0. The first-order valence-electron chi connectivity index (χ1n) is 10.9. The summed E-state index contributed by atoms with van der Waals surface area (Å²) >= 11 is 0. The van der Waals surface area contributed by atoms with Gasteiger partial charge >= 0.3 is 0 Å². The van der Waals surface area contributed by atoms with Gasteiger partial charge in [0.1, 0.15) is 11.6 Å². The molecule has 1 aromatic rings. The lowest BCUT2D eigenvalue weighted by atomic mass is 10.1. The molecule has 8 heteroatoms. The van der Waals surface area contributed by atoms with E-state index in [9.17, 15) is 13.6 Å². The normalized spacial score (nSPS) is 26.4. The Labute approximate surface area is 194 Å². The molecule has 1 aliphatic heterocycles. The van der Waals surface area contributed by atoms with Crippen molar-refractivity contribution in [2.75, 3.05) is 19.6 Å². The monoisotopic (exact) mass is 532 g/mol. The molecule has 0 radical (unpaired) electrons. The van der Waals surface area contributed by atoms with Crippen molar-refractivity contribution in [2.45, 2.75) is 63.5 Å². The van der Waals surface area contributed by atoms with Gasteiger partial charge < -0.3 is 15.5 Å². The highest BCUT2D eigenvalue weighted by Crippen LogP contribution is 2.43. The van der Waals surface area contributed by atoms with Crippen molar-refractivity contribution in [1.82, 2.24) is 15.5 Å². The van der Waals surface area contributed by atoms with Gasteiger partial charge in [-0.15, -0.1) is 24.0 Å². The second kappa shape index (κ2) is 10.2. The molecule has 5 nitrogen and oxygen atoms in total. The first kappa shape index (κ1) is 23.2. The van der Waals surface area contributed by atoms with Gasteiger partial charge in [0.25, 0.3) is 0 Å². The molecule has 2 saturated carbocycles. The van der Waals surface area contributed by atoms with Gasteiger partial charge in [-0.25, -0.2) is 8.78 Å². The number of aliphatic imine (C=N–C) groups is 1. The van der Waals surface area contributed by atoms with Crippen molar-refractivity contribution in [1.29, 1.82) is 0 Å². The van der Waals surface area contributed by atoms with Crippen LogP contribution in [0.3, 0.4) is 0 Å². The number of carbonyl (C=O) groups excluding carboxylic acids is 1. The van der Waals surface area contributed by atoms with Gasteiger partial charge in [0.2, 0.25) is 5.91 Å². The topological polar surface area (TPSA) is 56.7 Å². The van der Waals surface area contributed by atoms with Crippen LogP contribution >= 0.6 is 24.0 Å². The zero-order valence-electron chi connectivity index (χ0n) is 17.4. The van der Waals surface area contributed by atoms with Gasteiger partial charge in [0, 0.05) is 49.1 Å². The molecule has 1 heterocycles. The molecule has 3 atom stereocenters. The van der Waals surface area contributed by atoms with Crippen molar-refractivity contribution in [3.8, 4) is 0 Å². The zero-order chi connectivity index (χ0) is 20.4. The molecule has 30 heavy (non-hydrogen) atoms. The summed E-state index contributed by atoms with van der Waals surface area (Å²) in [4.78, 5) is 19.1. The van der Waals surface area contributed by atoms with Crippen LogP contribution in [0.5, 0.6) is 0 Å². The largest absolute Gasteiger partial charge is 0.353 e. The van der Waals surface area contributed by atoms with Crippen molar-refractivity contribution in [3.63, 3.8) is 0 Å². The maximum atomic E-state index is 14.0. The molecule has 1 saturated heterocycles. The molecule has 1 aromatic carbocycles. The SMILES string of the molecule is CCN=C(NC1CCN(C(=O)C2CCCC2)C1)NC1CC1c1c(F)cccc1F.I. The van der Waals surface area contributed by atoms with Crippen LogP contribution in [0, 0.1) is 17.6 Å². The van der Waals surface area contributed by atoms with Crippen LogP contribution in [-0.4, -0.2) is 48.5 Å². The van der Waals surface area contributed by atoms with E-state index in [0.717, 1.165) is 38.6 Å². The van der Waals surface area contributed by atoms with Gasteiger partial charge in [-0.2, -0.15) is 0 Å². The van der Waals surface area contributed by atoms with E-state index in [1.807, 2.05) is 11.8 Å². The molecule has 3 aliphatic rings. The molecule has 2 aliphatic carbocycles. The molecule has 0 bridgehead atoms. The lowest BCUT2D eigenvalue weighted by Crippen LogP contribution is -2.46. The van der Waals surface area contributed by atoms with Gasteiger partial charge in [0.15, 0.2) is 5.96 Å². The van der Waals surface area contributed by atoms with Crippen LogP contribution in [0.15, 0.2) is 23.2 Å². The average molecular weight is 532 g/mol. The summed E-state index contributed by atoms with van der Waals surface area (Å²) in [5.74, 6) is 0.0155. The first-order chi connectivity index (χ1) is 14.1. The summed E-state index contributed by atoms with van der Waals surface area (Å²) in [5, 5.41) is 6.75. The molecule has 4 rings (SSSR count). The predicted molar refractivity (Wildman–Crippen MR) is 124 cm³/mol. The quantitative estimate of drug-likeness (QED) is 0.345. The number of nitrogens with one attached hydrogen (secondary N) is 2. The van der Waals surface area contributed by atoms with Crippen molar-refractivity contribution < 1.29 is 13.6 Å². The number of rotatable bonds is 5. The lowest BCUT2D eigenvalue weighted by molar-refractivity contribution is -0.134. The van der Waals surface area contributed by atoms with E-state index >= 15 is 0 Å².